The molecule has 4 heteroatoms. The minimum atomic E-state index is -0.310. The molecule has 5 aliphatic carbocycles. The number of fused-ring (bicyclic) bond motifs is 7. The van der Waals surface area contributed by atoms with E-state index in [1.54, 1.807) is 6.92 Å². The van der Waals surface area contributed by atoms with Crippen LogP contribution in [0.5, 0.6) is 0 Å². The number of Topliss-reactive ketones (excluding diaryl/α,β-unsaturated/α-hetero) is 1. The van der Waals surface area contributed by atoms with Crippen LogP contribution in [0.25, 0.3) is 0 Å². The third kappa shape index (κ3) is 3.21. The van der Waals surface area contributed by atoms with Gasteiger partial charge < -0.3 is 9.84 Å². The average Bonchev–Trinajstić information content (AvgIpc) is 3.09. The third-order valence-electron chi connectivity index (χ3n) is 13.1. The van der Waals surface area contributed by atoms with Gasteiger partial charge in [-0.15, -0.1) is 0 Å². The highest BCUT2D eigenvalue weighted by Crippen LogP contribution is 2.76. The van der Waals surface area contributed by atoms with Crippen molar-refractivity contribution in [3.8, 4) is 0 Å². The first-order chi connectivity index (χ1) is 16.7. The average molecular weight is 499 g/mol. The molecule has 0 aliphatic heterocycles. The van der Waals surface area contributed by atoms with Crippen molar-refractivity contribution in [3.63, 3.8) is 0 Å². The number of allylic oxidation sites excluding steroid dienone is 1. The van der Waals surface area contributed by atoms with Crippen molar-refractivity contribution in [2.24, 2.45) is 50.7 Å². The maximum atomic E-state index is 13.3. The fraction of sp³-hybridized carbons (Fsp3) is 0.875. The van der Waals surface area contributed by atoms with Gasteiger partial charge in [0.15, 0.2) is 5.78 Å². The quantitative estimate of drug-likeness (QED) is 0.430. The lowest BCUT2D eigenvalue weighted by atomic mass is 9.33. The molecule has 202 valence electrons. The number of carbonyl (C=O) groups excluding carboxylic acids is 2. The van der Waals surface area contributed by atoms with Crippen LogP contribution in [0, 0.1) is 50.7 Å². The summed E-state index contributed by atoms with van der Waals surface area (Å²) in [6.45, 7) is 18.4. The summed E-state index contributed by atoms with van der Waals surface area (Å²) in [6, 6.07) is 0. The Morgan fingerprint density at radius 1 is 0.944 bits per heavy atom. The van der Waals surface area contributed by atoms with Crippen LogP contribution >= 0.6 is 0 Å². The molecule has 0 aromatic rings. The maximum Gasteiger partial charge on any atom is 0.302 e. The number of hydrogen-bond acceptors (Lipinski definition) is 4. The number of aliphatic hydroxyl groups excluding tert-OH is 1. The van der Waals surface area contributed by atoms with Gasteiger partial charge in [-0.3, -0.25) is 9.59 Å². The van der Waals surface area contributed by atoms with E-state index in [1.807, 2.05) is 0 Å². The molecule has 1 N–H and O–H groups in total. The van der Waals surface area contributed by atoms with Crippen molar-refractivity contribution >= 4 is 11.8 Å². The molecular weight excluding hydrogens is 448 g/mol. The van der Waals surface area contributed by atoms with Crippen LogP contribution in [0.4, 0.5) is 0 Å². The van der Waals surface area contributed by atoms with Crippen LogP contribution < -0.4 is 0 Å². The monoisotopic (exact) mass is 498 g/mol. The Bertz CT molecular complexity index is 992. The summed E-state index contributed by atoms with van der Waals surface area (Å²) < 4.78 is 5.88. The summed E-state index contributed by atoms with van der Waals surface area (Å²) in [5.41, 5.74) is 2.66. The fourth-order valence-electron chi connectivity index (χ4n) is 11.3. The molecule has 0 spiro atoms. The molecule has 4 nitrogen and oxygen atoms in total. The van der Waals surface area contributed by atoms with Crippen LogP contribution in [0.3, 0.4) is 0 Å². The topological polar surface area (TPSA) is 63.6 Å². The molecule has 0 aromatic heterocycles. The molecule has 5 aliphatic rings. The lowest BCUT2D eigenvalue weighted by Gasteiger charge is -2.72. The Morgan fingerprint density at radius 3 is 2.25 bits per heavy atom. The Hall–Kier alpha value is -1.16. The number of carbonyl (C=O) groups is 2. The molecule has 36 heavy (non-hydrogen) atoms. The van der Waals surface area contributed by atoms with E-state index < -0.39 is 0 Å². The standard InChI is InChI=1S/C32H50O4/c1-19(2)26-22(35)17-32(18-33)16-15-30(7)21(27(26)32)9-10-24-29(6)13-12-25(36-20(3)34)28(4,5)23(29)11-14-31(24,30)8/h19,21,23-25,33H,9-18H2,1-8H3/t21-,23+,24-,25?,29-,30+,31+,32-/m0/s1. The van der Waals surface area contributed by atoms with Gasteiger partial charge in [-0.05, 0) is 96.9 Å². The van der Waals surface area contributed by atoms with Crippen LogP contribution in [-0.2, 0) is 14.3 Å². The SMILES string of the molecule is CC(=O)OC1CC[C@@]2(C)[C@H](CC[C@]3(C)[C@H]2CC[C@H]2C4=C(C(C)C)C(=O)C[C@]4(CO)CC[C@]23C)C1(C)C. The molecule has 0 saturated heterocycles. The molecule has 0 amide bonds. The normalized spacial score (nSPS) is 47.7. The van der Waals surface area contributed by atoms with E-state index in [1.165, 1.54) is 24.8 Å². The van der Waals surface area contributed by atoms with E-state index in [4.69, 9.17) is 4.74 Å². The first-order valence-electron chi connectivity index (χ1n) is 14.7. The second kappa shape index (κ2) is 8.17. The van der Waals surface area contributed by atoms with E-state index in [2.05, 4.69) is 48.5 Å². The van der Waals surface area contributed by atoms with Gasteiger partial charge in [0, 0.05) is 24.2 Å². The largest absolute Gasteiger partial charge is 0.462 e. The Morgan fingerprint density at radius 2 is 1.64 bits per heavy atom. The molecule has 0 aromatic carbocycles. The highest BCUT2D eigenvalue weighted by Gasteiger charge is 2.70. The Kier molecular flexibility index (Phi) is 6.00. The van der Waals surface area contributed by atoms with Gasteiger partial charge in [0.25, 0.3) is 0 Å². The molecule has 1 unspecified atom stereocenters. The van der Waals surface area contributed by atoms with Gasteiger partial charge in [-0.25, -0.2) is 0 Å². The van der Waals surface area contributed by atoms with E-state index in [9.17, 15) is 14.7 Å². The van der Waals surface area contributed by atoms with Crippen molar-refractivity contribution in [1.29, 1.82) is 0 Å². The first-order valence-corrected chi connectivity index (χ1v) is 14.7. The second-order valence-electron chi connectivity index (χ2n) is 15.1. The van der Waals surface area contributed by atoms with Crippen molar-refractivity contribution in [1.82, 2.24) is 0 Å². The van der Waals surface area contributed by atoms with Gasteiger partial charge in [0.2, 0.25) is 0 Å². The minimum absolute atomic E-state index is 0.00691. The zero-order chi connectivity index (χ0) is 26.5. The van der Waals surface area contributed by atoms with Gasteiger partial charge in [0.1, 0.15) is 6.10 Å². The van der Waals surface area contributed by atoms with Crippen LogP contribution in [0.2, 0.25) is 0 Å². The lowest BCUT2D eigenvalue weighted by molar-refractivity contribution is -0.233. The maximum absolute atomic E-state index is 13.3. The highest BCUT2D eigenvalue weighted by molar-refractivity contribution is 6.00. The number of hydrogen-bond donors (Lipinski definition) is 1. The summed E-state index contributed by atoms with van der Waals surface area (Å²) in [5.74, 6) is 1.94. The molecule has 5 rings (SSSR count). The number of ether oxygens (including phenoxy) is 1. The predicted octanol–water partition coefficient (Wildman–Crippen LogP) is 6.89. The van der Waals surface area contributed by atoms with Crippen molar-refractivity contribution in [2.45, 2.75) is 119 Å². The molecule has 8 atom stereocenters. The van der Waals surface area contributed by atoms with Crippen LogP contribution in [-0.4, -0.2) is 29.6 Å². The van der Waals surface area contributed by atoms with Crippen molar-refractivity contribution in [2.75, 3.05) is 6.61 Å². The summed E-state index contributed by atoms with van der Waals surface area (Å²) in [5, 5.41) is 10.7. The molecule has 0 heterocycles. The first kappa shape index (κ1) is 26.4. The summed E-state index contributed by atoms with van der Waals surface area (Å²) in [4.78, 5) is 25.2. The van der Waals surface area contributed by atoms with Gasteiger partial charge >= 0.3 is 5.97 Å². The second-order valence-corrected chi connectivity index (χ2v) is 15.1. The van der Waals surface area contributed by atoms with E-state index in [-0.39, 0.29) is 51.7 Å². The molecular formula is C32H50O4. The fourth-order valence-corrected chi connectivity index (χ4v) is 11.3. The van der Waals surface area contributed by atoms with E-state index in [0.29, 0.717) is 30.0 Å². The van der Waals surface area contributed by atoms with Gasteiger partial charge in [-0.2, -0.15) is 0 Å². The van der Waals surface area contributed by atoms with Crippen molar-refractivity contribution in [3.05, 3.63) is 11.1 Å². The van der Waals surface area contributed by atoms with Crippen LogP contribution in [0.1, 0.15) is 113 Å². The minimum Gasteiger partial charge on any atom is -0.462 e. The zero-order valence-corrected chi connectivity index (χ0v) is 24.1. The number of aliphatic hydroxyl groups is 1. The van der Waals surface area contributed by atoms with E-state index in [0.717, 1.165) is 37.7 Å². The highest BCUT2D eigenvalue weighted by atomic mass is 16.5. The molecule has 0 bridgehead atoms. The summed E-state index contributed by atoms with van der Waals surface area (Å²) in [6.07, 6.45) is 9.36. The number of ketones is 1. The van der Waals surface area contributed by atoms with Gasteiger partial charge in [0.05, 0.1) is 6.61 Å². The van der Waals surface area contributed by atoms with E-state index >= 15 is 0 Å². The molecule has 4 saturated carbocycles. The number of esters is 1. The lowest BCUT2D eigenvalue weighted by Crippen LogP contribution is -2.65. The number of rotatable bonds is 3. The Labute approximate surface area is 219 Å². The summed E-state index contributed by atoms with van der Waals surface area (Å²) >= 11 is 0. The molecule has 4 fully saturated rings. The smallest absolute Gasteiger partial charge is 0.302 e. The predicted molar refractivity (Wildman–Crippen MR) is 142 cm³/mol. The third-order valence-corrected chi connectivity index (χ3v) is 13.1. The van der Waals surface area contributed by atoms with Crippen molar-refractivity contribution < 1.29 is 19.4 Å². The Balaban J connectivity index is 1.55. The van der Waals surface area contributed by atoms with Crippen LogP contribution in [0.15, 0.2) is 11.1 Å². The zero-order valence-electron chi connectivity index (χ0n) is 24.1. The van der Waals surface area contributed by atoms with Gasteiger partial charge in [-0.1, -0.05) is 54.0 Å². The summed E-state index contributed by atoms with van der Waals surface area (Å²) in [7, 11) is 0. The molecule has 0 radical (unpaired) electrons.